The lowest BCUT2D eigenvalue weighted by molar-refractivity contribution is -0.227. The highest BCUT2D eigenvalue weighted by molar-refractivity contribution is 5.80. The molecule has 2 fully saturated rings. The van der Waals surface area contributed by atoms with Crippen molar-refractivity contribution in [2.75, 3.05) is 49.2 Å². The van der Waals surface area contributed by atoms with Gasteiger partial charge in [-0.25, -0.2) is 9.37 Å². The smallest absolute Gasteiger partial charge is 0.378 e. The van der Waals surface area contributed by atoms with Crippen molar-refractivity contribution in [1.29, 1.82) is 0 Å². The Morgan fingerprint density at radius 2 is 1.69 bits per heavy atom. The second-order valence-electron chi connectivity index (χ2n) is 10.3. The Balaban J connectivity index is 1.55. The molecule has 2 saturated heterocycles. The number of benzene rings is 1. The van der Waals surface area contributed by atoms with E-state index in [-0.39, 0.29) is 12.2 Å². The van der Waals surface area contributed by atoms with E-state index >= 15 is 4.39 Å². The molecule has 0 radical (unpaired) electrons. The number of nitrogens with zero attached hydrogens (tertiary/aromatic N) is 4. The second-order valence-corrected chi connectivity index (χ2v) is 10.3. The molecule has 0 amide bonds. The molecule has 2 aromatic heterocycles. The van der Waals surface area contributed by atoms with E-state index in [9.17, 15) is 17.6 Å². The molecule has 3 aromatic rings. The van der Waals surface area contributed by atoms with Crippen LogP contribution in [-0.2, 0) is 4.74 Å². The molecule has 1 unspecified atom stereocenters. The first-order valence-electron chi connectivity index (χ1n) is 12.1. The van der Waals surface area contributed by atoms with E-state index in [0.29, 0.717) is 61.6 Å². The topological polar surface area (TPSA) is 33.0 Å². The number of alkyl halides is 3. The van der Waals surface area contributed by atoms with Gasteiger partial charge in [-0.1, -0.05) is 13.8 Å². The summed E-state index contributed by atoms with van der Waals surface area (Å²) < 4.78 is 77.4. The van der Waals surface area contributed by atoms with Gasteiger partial charge in [-0.3, -0.25) is 4.40 Å². The van der Waals surface area contributed by atoms with E-state index in [4.69, 9.17) is 4.74 Å². The van der Waals surface area contributed by atoms with Crippen molar-refractivity contribution in [3.8, 4) is 11.1 Å². The van der Waals surface area contributed by atoms with Gasteiger partial charge in [-0.15, -0.1) is 0 Å². The summed E-state index contributed by atoms with van der Waals surface area (Å²) in [6.07, 6.45) is -1.22. The highest BCUT2D eigenvalue weighted by Gasteiger charge is 2.53. The standard InChI is InChI=1S/C26H29F5N4O/c1-16-10-20(27)21(34-5-4-18(15-34)25(2,3)26(29,30)31)12-19(16)17-11-22(33-6-8-36-9-7-33)24-32-13-23(28)35(24)14-17/h10-14,18H,4-9,15H2,1-3H3. The van der Waals surface area contributed by atoms with Crippen molar-refractivity contribution >= 4 is 17.0 Å². The van der Waals surface area contributed by atoms with Gasteiger partial charge in [0.15, 0.2) is 5.65 Å². The summed E-state index contributed by atoms with van der Waals surface area (Å²) in [5.41, 5.74) is 1.63. The Morgan fingerprint density at radius 1 is 0.972 bits per heavy atom. The van der Waals surface area contributed by atoms with Crippen LogP contribution in [0.4, 0.5) is 33.3 Å². The number of hydrogen-bond donors (Lipinski definition) is 0. The average molecular weight is 509 g/mol. The number of anilines is 2. The van der Waals surface area contributed by atoms with Crippen LogP contribution in [0.3, 0.4) is 0 Å². The van der Waals surface area contributed by atoms with E-state index in [1.807, 2.05) is 6.07 Å². The number of hydrogen-bond acceptors (Lipinski definition) is 4. The molecule has 5 nitrogen and oxygen atoms in total. The van der Waals surface area contributed by atoms with Gasteiger partial charge in [0.25, 0.3) is 0 Å². The first-order valence-corrected chi connectivity index (χ1v) is 12.1. The minimum atomic E-state index is -4.34. The maximum absolute atomic E-state index is 15.1. The number of halogens is 5. The number of rotatable bonds is 4. The molecule has 2 aliphatic rings. The summed E-state index contributed by atoms with van der Waals surface area (Å²) in [6.45, 7) is 6.98. The van der Waals surface area contributed by atoms with Crippen LogP contribution in [0.2, 0.25) is 0 Å². The fourth-order valence-electron chi connectivity index (χ4n) is 5.24. The maximum Gasteiger partial charge on any atom is 0.394 e. The number of imidazole rings is 1. The molecule has 36 heavy (non-hydrogen) atoms. The van der Waals surface area contributed by atoms with Gasteiger partial charge in [0.1, 0.15) is 5.82 Å². The van der Waals surface area contributed by atoms with Gasteiger partial charge in [-0.2, -0.15) is 17.6 Å². The molecular formula is C26H29F5N4O. The Hall–Kier alpha value is -2.88. The largest absolute Gasteiger partial charge is 0.394 e. The molecule has 194 valence electrons. The summed E-state index contributed by atoms with van der Waals surface area (Å²) in [7, 11) is 0. The van der Waals surface area contributed by atoms with E-state index in [1.54, 1.807) is 24.1 Å². The van der Waals surface area contributed by atoms with Gasteiger partial charge in [0.2, 0.25) is 5.95 Å². The molecule has 4 heterocycles. The van der Waals surface area contributed by atoms with E-state index in [0.717, 1.165) is 5.69 Å². The monoisotopic (exact) mass is 508 g/mol. The molecule has 1 aromatic carbocycles. The van der Waals surface area contributed by atoms with Crippen LogP contribution in [-0.4, -0.2) is 55.0 Å². The molecule has 2 aliphatic heterocycles. The first kappa shape index (κ1) is 24.8. The van der Waals surface area contributed by atoms with Crippen molar-refractivity contribution in [3.63, 3.8) is 0 Å². The van der Waals surface area contributed by atoms with Gasteiger partial charge >= 0.3 is 6.18 Å². The van der Waals surface area contributed by atoms with E-state index in [2.05, 4.69) is 9.88 Å². The van der Waals surface area contributed by atoms with Crippen LogP contribution < -0.4 is 9.80 Å². The molecular weight excluding hydrogens is 479 g/mol. The molecule has 0 N–H and O–H groups in total. The van der Waals surface area contributed by atoms with Gasteiger partial charge < -0.3 is 14.5 Å². The van der Waals surface area contributed by atoms with Gasteiger partial charge in [-0.05, 0) is 48.6 Å². The molecule has 0 bridgehead atoms. The zero-order chi connectivity index (χ0) is 25.8. The van der Waals surface area contributed by atoms with Crippen molar-refractivity contribution in [2.45, 2.75) is 33.4 Å². The van der Waals surface area contributed by atoms with Crippen molar-refractivity contribution in [1.82, 2.24) is 9.38 Å². The second kappa shape index (κ2) is 8.90. The average Bonchev–Trinajstić information content (AvgIpc) is 3.46. The quantitative estimate of drug-likeness (QED) is 0.415. The number of aromatic nitrogens is 2. The third-order valence-electron chi connectivity index (χ3n) is 7.78. The summed E-state index contributed by atoms with van der Waals surface area (Å²) in [4.78, 5) is 8.01. The van der Waals surface area contributed by atoms with Crippen LogP contribution in [0.15, 0.2) is 30.6 Å². The molecule has 0 saturated carbocycles. The molecule has 0 spiro atoms. The Morgan fingerprint density at radius 3 is 2.39 bits per heavy atom. The van der Waals surface area contributed by atoms with E-state index in [1.165, 1.54) is 30.5 Å². The Labute approximate surface area is 206 Å². The van der Waals surface area contributed by atoms with Crippen molar-refractivity contribution < 1.29 is 26.7 Å². The summed E-state index contributed by atoms with van der Waals surface area (Å²) in [5.74, 6) is -1.64. The SMILES string of the molecule is Cc1cc(F)c(N2CCC(C(C)(C)C(F)(F)F)C2)cc1-c1cc(N2CCOCC2)c2ncc(F)n2c1. The summed E-state index contributed by atoms with van der Waals surface area (Å²) >= 11 is 0. The Kier molecular flexibility index (Phi) is 6.13. The molecule has 5 rings (SSSR count). The highest BCUT2D eigenvalue weighted by Crippen LogP contribution is 2.48. The first-order chi connectivity index (χ1) is 17.0. The van der Waals surface area contributed by atoms with Crippen molar-refractivity contribution in [3.05, 3.63) is 47.9 Å². The number of ether oxygens (including phenoxy) is 1. The predicted octanol–water partition coefficient (Wildman–Crippen LogP) is 5.84. The van der Waals surface area contributed by atoms with Crippen LogP contribution in [0.25, 0.3) is 16.8 Å². The third kappa shape index (κ3) is 4.19. The fraction of sp³-hybridized carbons (Fsp3) is 0.500. The zero-order valence-corrected chi connectivity index (χ0v) is 20.5. The summed E-state index contributed by atoms with van der Waals surface area (Å²) in [5, 5.41) is 0. The number of morpholine rings is 1. The van der Waals surface area contributed by atoms with Crippen LogP contribution in [0, 0.1) is 30.0 Å². The lowest BCUT2D eigenvalue weighted by Gasteiger charge is -2.34. The van der Waals surface area contributed by atoms with Gasteiger partial charge in [0, 0.05) is 37.9 Å². The number of pyridine rings is 1. The minimum absolute atomic E-state index is 0.111. The van der Waals surface area contributed by atoms with Crippen LogP contribution in [0.1, 0.15) is 25.8 Å². The summed E-state index contributed by atoms with van der Waals surface area (Å²) in [6, 6.07) is 4.99. The van der Waals surface area contributed by atoms with E-state index < -0.39 is 29.3 Å². The van der Waals surface area contributed by atoms with Crippen molar-refractivity contribution in [2.24, 2.45) is 11.3 Å². The predicted molar refractivity (Wildman–Crippen MR) is 128 cm³/mol. The van der Waals surface area contributed by atoms with Crippen LogP contribution in [0.5, 0.6) is 0 Å². The number of aryl methyl sites for hydroxylation is 1. The Bertz CT molecular complexity index is 1280. The highest BCUT2D eigenvalue weighted by atomic mass is 19.4. The normalized spacial score (nSPS) is 19.5. The molecule has 1 atom stereocenters. The fourth-order valence-corrected chi connectivity index (χ4v) is 5.24. The number of fused-ring (bicyclic) bond motifs is 1. The maximum atomic E-state index is 15.1. The third-order valence-corrected chi connectivity index (χ3v) is 7.78. The van der Waals surface area contributed by atoms with Gasteiger partial charge in [0.05, 0.1) is 36.2 Å². The minimum Gasteiger partial charge on any atom is -0.378 e. The molecule has 10 heteroatoms. The molecule has 0 aliphatic carbocycles. The lowest BCUT2D eigenvalue weighted by Crippen LogP contribution is -2.40. The lowest BCUT2D eigenvalue weighted by atomic mass is 9.77. The van der Waals surface area contributed by atoms with Crippen LogP contribution >= 0.6 is 0 Å². The zero-order valence-electron chi connectivity index (χ0n) is 20.5.